The Balaban J connectivity index is 1.74. The van der Waals surface area contributed by atoms with E-state index >= 15 is 0 Å². The lowest BCUT2D eigenvalue weighted by Crippen LogP contribution is -2.69. The number of fused-ring (bicyclic) bond motifs is 2. The molecule has 0 aromatic carbocycles. The van der Waals surface area contributed by atoms with Crippen molar-refractivity contribution in [2.75, 3.05) is 5.75 Å². The van der Waals surface area contributed by atoms with Crippen molar-refractivity contribution < 1.29 is 19.3 Å². The normalized spacial score (nSPS) is 23.4. The highest BCUT2D eigenvalue weighted by atomic mass is 32.2. The van der Waals surface area contributed by atoms with Crippen molar-refractivity contribution in [1.29, 1.82) is 0 Å². The van der Waals surface area contributed by atoms with Crippen LogP contribution in [-0.4, -0.2) is 38.3 Å². The molecule has 2 aliphatic rings. The van der Waals surface area contributed by atoms with Gasteiger partial charge in [0.15, 0.2) is 12.7 Å². The topological polar surface area (TPSA) is 94.8 Å². The largest absolute Gasteiger partial charge is 0.543 e. The molecule has 0 aliphatic carbocycles. The number of hydrogen-bond donors (Lipinski definition) is 1. The molecule has 2 aromatic rings. The fourth-order valence-corrected chi connectivity index (χ4v) is 4.59. The second-order valence-electron chi connectivity index (χ2n) is 5.99. The van der Waals surface area contributed by atoms with E-state index in [1.165, 1.54) is 16.7 Å². The molecule has 4 rings (SSSR count). The first-order valence-electron chi connectivity index (χ1n) is 7.58. The SMILES string of the molecule is Cc1c2cccn2cc[n+]1CC1=C(C(=O)[O-])N2C(=O)C(N)[C@@H]2SC1. The van der Waals surface area contributed by atoms with Crippen LogP contribution in [0, 0.1) is 6.92 Å². The van der Waals surface area contributed by atoms with Crippen LogP contribution in [0.15, 0.2) is 42.0 Å². The zero-order valence-corrected chi connectivity index (χ0v) is 13.8. The summed E-state index contributed by atoms with van der Waals surface area (Å²) in [4.78, 5) is 24.9. The Kier molecular flexibility index (Phi) is 3.40. The van der Waals surface area contributed by atoms with Crippen molar-refractivity contribution >= 4 is 29.2 Å². The predicted molar refractivity (Wildman–Crippen MR) is 85.4 cm³/mol. The Hall–Kier alpha value is -2.32. The molecule has 8 heteroatoms. The third-order valence-electron chi connectivity index (χ3n) is 4.63. The van der Waals surface area contributed by atoms with Crippen LogP contribution >= 0.6 is 11.8 Å². The number of thioether (sulfide) groups is 1. The second-order valence-corrected chi connectivity index (χ2v) is 7.09. The zero-order valence-electron chi connectivity index (χ0n) is 13.0. The number of carbonyl (C=O) groups is 2. The highest BCUT2D eigenvalue weighted by Crippen LogP contribution is 2.39. The van der Waals surface area contributed by atoms with Gasteiger partial charge in [0.1, 0.15) is 16.9 Å². The molecular formula is C16H16N4O3S. The third-order valence-corrected chi connectivity index (χ3v) is 5.99. The van der Waals surface area contributed by atoms with Crippen molar-refractivity contribution in [2.45, 2.75) is 24.9 Å². The van der Waals surface area contributed by atoms with Crippen molar-refractivity contribution in [3.63, 3.8) is 0 Å². The Morgan fingerprint density at radius 1 is 1.50 bits per heavy atom. The Morgan fingerprint density at radius 2 is 2.29 bits per heavy atom. The molecule has 1 amide bonds. The summed E-state index contributed by atoms with van der Waals surface area (Å²) < 4.78 is 3.99. The molecule has 4 heterocycles. The highest BCUT2D eigenvalue weighted by Gasteiger charge is 2.50. The van der Waals surface area contributed by atoms with Crippen LogP contribution in [0.5, 0.6) is 0 Å². The summed E-state index contributed by atoms with van der Waals surface area (Å²) >= 11 is 1.50. The van der Waals surface area contributed by atoms with Gasteiger partial charge in [-0.15, -0.1) is 11.8 Å². The zero-order chi connectivity index (χ0) is 17.0. The summed E-state index contributed by atoms with van der Waals surface area (Å²) in [5, 5.41) is 11.3. The van der Waals surface area contributed by atoms with E-state index < -0.39 is 12.0 Å². The minimum Gasteiger partial charge on any atom is -0.543 e. The van der Waals surface area contributed by atoms with Crippen LogP contribution in [0.2, 0.25) is 0 Å². The summed E-state index contributed by atoms with van der Waals surface area (Å²) in [5.41, 5.74) is 8.47. The maximum absolute atomic E-state index is 12.0. The minimum atomic E-state index is -1.32. The van der Waals surface area contributed by atoms with Gasteiger partial charge in [-0.25, -0.2) is 0 Å². The van der Waals surface area contributed by atoms with E-state index in [-0.39, 0.29) is 17.0 Å². The molecule has 7 nitrogen and oxygen atoms in total. The van der Waals surface area contributed by atoms with E-state index in [9.17, 15) is 14.7 Å². The van der Waals surface area contributed by atoms with Gasteiger partial charge >= 0.3 is 0 Å². The van der Waals surface area contributed by atoms with Crippen molar-refractivity contribution in [3.05, 3.63) is 47.7 Å². The Morgan fingerprint density at radius 3 is 3.04 bits per heavy atom. The van der Waals surface area contributed by atoms with Crippen LogP contribution in [-0.2, 0) is 16.1 Å². The number of nitrogens with two attached hydrogens (primary N) is 1. The number of aryl methyl sites for hydroxylation is 1. The van der Waals surface area contributed by atoms with Gasteiger partial charge in [0, 0.05) is 24.4 Å². The molecule has 24 heavy (non-hydrogen) atoms. The number of aliphatic carboxylic acids is 1. The van der Waals surface area contributed by atoms with E-state index in [0.29, 0.717) is 17.9 Å². The maximum atomic E-state index is 12.0. The first kappa shape index (κ1) is 15.2. The average molecular weight is 344 g/mol. The van der Waals surface area contributed by atoms with Gasteiger partial charge in [0.25, 0.3) is 0 Å². The van der Waals surface area contributed by atoms with E-state index in [1.807, 2.05) is 46.6 Å². The lowest BCUT2D eigenvalue weighted by Gasteiger charge is -2.49. The molecule has 2 aliphatic heterocycles. The number of hydrogen-bond acceptors (Lipinski definition) is 5. The first-order valence-corrected chi connectivity index (χ1v) is 8.63. The van der Waals surface area contributed by atoms with Crippen LogP contribution in [0.4, 0.5) is 0 Å². The molecule has 0 spiro atoms. The lowest BCUT2D eigenvalue weighted by molar-refractivity contribution is -0.694. The third kappa shape index (κ3) is 2.06. The average Bonchev–Trinajstić information content (AvgIpc) is 3.05. The number of carboxylic acid groups (broad SMARTS) is 1. The molecule has 1 fully saturated rings. The van der Waals surface area contributed by atoms with Crippen molar-refractivity contribution in [3.8, 4) is 0 Å². The van der Waals surface area contributed by atoms with Gasteiger partial charge in [-0.05, 0) is 12.1 Å². The van der Waals surface area contributed by atoms with Crippen LogP contribution in [0.25, 0.3) is 5.52 Å². The monoisotopic (exact) mass is 344 g/mol. The van der Waals surface area contributed by atoms with E-state index in [0.717, 1.165) is 11.2 Å². The van der Waals surface area contributed by atoms with Gasteiger partial charge in [0.05, 0.1) is 17.9 Å². The number of rotatable bonds is 3. The maximum Gasteiger partial charge on any atom is 0.248 e. The number of aromatic nitrogens is 2. The quantitative estimate of drug-likeness (QED) is 0.556. The summed E-state index contributed by atoms with van der Waals surface area (Å²) in [5.74, 6) is -1.16. The summed E-state index contributed by atoms with van der Waals surface area (Å²) in [6.45, 7) is 2.38. The van der Waals surface area contributed by atoms with E-state index in [4.69, 9.17) is 5.73 Å². The minimum absolute atomic E-state index is 0.0207. The molecule has 2 N–H and O–H groups in total. The summed E-state index contributed by atoms with van der Waals surface area (Å²) in [7, 11) is 0. The number of amides is 1. The standard InChI is InChI=1S/C16H16N4O3S/c1-9-11-3-2-4-18(11)5-6-19(9)7-10-8-24-15-12(17)14(21)20(15)13(10)16(22)23/h2-6,12,15H,7-8,17H2,1H3/t12?,15-/m0/s1. The number of carboxylic acids is 1. The van der Waals surface area contributed by atoms with Crippen LogP contribution in [0.3, 0.4) is 0 Å². The Labute approximate surface area is 142 Å². The summed E-state index contributed by atoms with van der Waals surface area (Å²) in [6.07, 6.45) is 5.79. The van der Waals surface area contributed by atoms with Crippen LogP contribution < -0.4 is 15.4 Å². The fourth-order valence-electron chi connectivity index (χ4n) is 3.31. The van der Waals surface area contributed by atoms with Gasteiger partial charge in [-0.1, -0.05) is 0 Å². The molecule has 1 unspecified atom stereocenters. The van der Waals surface area contributed by atoms with Crippen molar-refractivity contribution in [2.24, 2.45) is 5.73 Å². The first-order chi connectivity index (χ1) is 11.5. The molecule has 1 saturated heterocycles. The van der Waals surface area contributed by atoms with Gasteiger partial charge in [-0.2, -0.15) is 4.57 Å². The molecular weight excluding hydrogens is 328 g/mol. The molecule has 2 aromatic heterocycles. The molecule has 124 valence electrons. The smallest absolute Gasteiger partial charge is 0.248 e. The predicted octanol–water partition coefficient (Wildman–Crippen LogP) is -1.22. The number of β-lactam (4-membered cyclic amide) rings is 1. The van der Waals surface area contributed by atoms with E-state index in [1.54, 1.807) is 0 Å². The molecule has 0 bridgehead atoms. The molecule has 2 atom stereocenters. The van der Waals surface area contributed by atoms with Gasteiger partial charge < -0.3 is 20.0 Å². The van der Waals surface area contributed by atoms with Crippen molar-refractivity contribution in [1.82, 2.24) is 9.30 Å². The van der Waals surface area contributed by atoms with Crippen LogP contribution in [0.1, 0.15) is 5.69 Å². The van der Waals surface area contributed by atoms with Gasteiger partial charge in [-0.3, -0.25) is 9.69 Å². The number of carbonyl (C=O) groups excluding carboxylic acids is 2. The summed E-state index contributed by atoms with van der Waals surface area (Å²) in [6, 6.07) is 3.33. The molecule has 0 radical (unpaired) electrons. The van der Waals surface area contributed by atoms with Gasteiger partial charge in [0.2, 0.25) is 11.6 Å². The Bertz CT molecular complexity index is 904. The fraction of sp³-hybridized carbons (Fsp3) is 0.312. The highest BCUT2D eigenvalue weighted by molar-refractivity contribution is 8.00. The molecule has 0 saturated carbocycles. The lowest BCUT2D eigenvalue weighted by atomic mass is 10.0. The second kappa shape index (κ2) is 5.35. The number of nitrogens with zero attached hydrogens (tertiary/aromatic N) is 3. The van der Waals surface area contributed by atoms with E-state index in [2.05, 4.69) is 0 Å².